The van der Waals surface area contributed by atoms with Crippen LogP contribution in [0.5, 0.6) is 0 Å². The molecule has 2 aliphatic carbocycles. The number of hydrogen-bond donors (Lipinski definition) is 1. The highest BCUT2D eigenvalue weighted by atomic mass is 16.5. The van der Waals surface area contributed by atoms with Crippen molar-refractivity contribution < 1.29 is 32.4 Å². The Hall–Kier alpha value is -1.62. The van der Waals surface area contributed by atoms with Gasteiger partial charge in [-0.1, -0.05) is 45.8 Å². The second-order valence-corrected chi connectivity index (χ2v) is 8.48. The first-order chi connectivity index (χ1) is 15.7. The minimum Gasteiger partial charge on any atom is -0.462 e. The van der Waals surface area contributed by atoms with Gasteiger partial charge in [-0.25, -0.2) is 0 Å². The van der Waals surface area contributed by atoms with Crippen molar-refractivity contribution in [3.63, 3.8) is 0 Å². The third-order valence-corrected chi connectivity index (χ3v) is 6.16. The third-order valence-electron chi connectivity index (χ3n) is 6.16. The van der Waals surface area contributed by atoms with Crippen molar-refractivity contribution in [2.24, 2.45) is 29.6 Å². The summed E-state index contributed by atoms with van der Waals surface area (Å²) in [5.41, 5.74) is 0.986. The van der Waals surface area contributed by atoms with E-state index in [9.17, 15) is 14.7 Å². The van der Waals surface area contributed by atoms with Crippen LogP contribution >= 0.6 is 0 Å². The summed E-state index contributed by atoms with van der Waals surface area (Å²) in [6, 6.07) is 0. The van der Waals surface area contributed by atoms with Gasteiger partial charge in [-0.05, 0) is 42.6 Å². The van der Waals surface area contributed by atoms with Crippen molar-refractivity contribution in [3.8, 4) is 0 Å². The average molecular weight is 397 g/mol. The molecule has 0 amide bonds. The van der Waals surface area contributed by atoms with Gasteiger partial charge < -0.3 is 14.6 Å². The third kappa shape index (κ3) is 4.86. The van der Waals surface area contributed by atoms with Gasteiger partial charge in [0.15, 0.2) is 0 Å². The highest BCUT2D eigenvalue weighted by Crippen LogP contribution is 2.45. The molecule has 3 rings (SSSR count). The lowest BCUT2D eigenvalue weighted by Gasteiger charge is -2.43. The van der Waals surface area contributed by atoms with Gasteiger partial charge in [0.25, 0.3) is 0 Å². The van der Waals surface area contributed by atoms with Crippen LogP contribution in [0, 0.1) is 29.6 Å². The number of aliphatic hydroxyl groups excluding tert-OH is 1. The molecule has 0 aromatic rings. The van der Waals surface area contributed by atoms with E-state index in [1.54, 1.807) is 0 Å². The maximum Gasteiger partial charge on any atom is 0.308 e. The zero-order chi connectivity index (χ0) is 25.4. The maximum atomic E-state index is 12.9. The molecule has 7 atom stereocenters. The van der Waals surface area contributed by atoms with Crippen molar-refractivity contribution in [1.29, 1.82) is 0 Å². The van der Waals surface area contributed by atoms with Gasteiger partial charge in [0.2, 0.25) is 0 Å². The topological polar surface area (TPSA) is 72.8 Å². The van der Waals surface area contributed by atoms with Gasteiger partial charge in [-0.2, -0.15) is 0 Å². The van der Waals surface area contributed by atoms with Crippen molar-refractivity contribution in [2.75, 3.05) is 0 Å². The number of esters is 2. The second kappa shape index (κ2) is 8.81. The molecule has 1 saturated heterocycles. The normalized spacial score (nSPS) is 41.9. The van der Waals surface area contributed by atoms with E-state index < -0.39 is 43.8 Å². The summed E-state index contributed by atoms with van der Waals surface area (Å²) in [7, 11) is 0. The Morgan fingerprint density at radius 3 is 2.86 bits per heavy atom. The quantitative estimate of drug-likeness (QED) is 0.716. The molecule has 0 radical (unpaired) electrons. The van der Waals surface area contributed by atoms with E-state index in [-0.39, 0.29) is 36.2 Å². The van der Waals surface area contributed by atoms with E-state index >= 15 is 0 Å². The molecule has 1 heterocycles. The predicted octanol–water partition coefficient (Wildman–Crippen LogP) is 3.81. The number of aliphatic hydroxyl groups is 1. The molecule has 3 aliphatic rings. The van der Waals surface area contributed by atoms with E-state index in [0.29, 0.717) is 25.7 Å². The number of allylic oxidation sites excluding steroid dienone is 3. The van der Waals surface area contributed by atoms with Crippen LogP contribution in [0.15, 0.2) is 23.8 Å². The molecule has 0 bridgehead atoms. The van der Waals surface area contributed by atoms with Crippen molar-refractivity contribution in [1.82, 2.24) is 0 Å². The molecule has 1 N–H and O–H groups in total. The Balaban J connectivity index is 1.81. The summed E-state index contributed by atoms with van der Waals surface area (Å²) in [6.07, 6.45) is 6.45. The van der Waals surface area contributed by atoms with Gasteiger partial charge in [0.05, 0.1) is 18.4 Å². The van der Waals surface area contributed by atoms with E-state index in [4.69, 9.17) is 17.7 Å². The number of carbonyl (C=O) groups is 2. The number of cyclic esters (lactones) is 1. The molecule has 0 unspecified atom stereocenters. The van der Waals surface area contributed by atoms with Gasteiger partial charge in [0.1, 0.15) is 12.2 Å². The minimum atomic E-state index is -3.01. The lowest BCUT2D eigenvalue weighted by Crippen LogP contribution is -2.42. The molecule has 0 spiro atoms. The number of ether oxygens (including phenoxy) is 2. The molecule has 1 aliphatic heterocycles. The first-order valence-electron chi connectivity index (χ1n) is 13.1. The van der Waals surface area contributed by atoms with Crippen LogP contribution < -0.4 is 0 Å². The van der Waals surface area contributed by atoms with Gasteiger partial charge in [0, 0.05) is 20.6 Å². The van der Waals surface area contributed by atoms with Gasteiger partial charge >= 0.3 is 11.9 Å². The highest BCUT2D eigenvalue weighted by molar-refractivity contribution is 5.72. The molecular weight excluding hydrogens is 356 g/mol. The molecule has 156 valence electrons. The summed E-state index contributed by atoms with van der Waals surface area (Å²) in [5.74, 6) is -3.87. The number of carbonyl (C=O) groups excluding carboxylic acids is 2. The van der Waals surface area contributed by atoms with Crippen LogP contribution in [0.4, 0.5) is 0 Å². The van der Waals surface area contributed by atoms with Crippen molar-refractivity contribution in [3.05, 3.63) is 23.8 Å². The van der Waals surface area contributed by atoms with Crippen LogP contribution in [-0.2, 0) is 19.1 Å². The van der Waals surface area contributed by atoms with Crippen LogP contribution in [0.3, 0.4) is 0 Å². The zero-order valence-corrected chi connectivity index (χ0v) is 16.5. The first-order valence-corrected chi connectivity index (χ1v) is 10.1. The van der Waals surface area contributed by atoms with E-state index in [2.05, 4.69) is 12.2 Å². The molecule has 28 heavy (non-hydrogen) atoms. The first kappa shape index (κ1) is 14.4. The van der Waals surface area contributed by atoms with E-state index in [1.165, 1.54) is 0 Å². The zero-order valence-electron chi connectivity index (χ0n) is 22.5. The smallest absolute Gasteiger partial charge is 0.308 e. The Morgan fingerprint density at radius 2 is 2.14 bits per heavy atom. The molecule has 5 nitrogen and oxygen atoms in total. The van der Waals surface area contributed by atoms with E-state index in [1.807, 2.05) is 19.9 Å². The number of fused-ring (bicyclic) bond motifs is 1. The maximum absolute atomic E-state index is 12.9. The molecule has 0 saturated carbocycles. The number of rotatable bonds is 5. The molecule has 1 fully saturated rings. The standard InChI is InChI=1S/C23H34O5/c1-13(2)23(26)28-20-10-14(3)9-16-6-5-15(4)19(22(16)20)8-7-18-11-17(24)12-21(25)27-18/h5-6,9,13-15,17-20,22,24H,7-8,10-12H2,1-4H3/t14-,15-,17+,18+,19-,20-,22-/m0/s1/i1D3,2D3. The monoisotopic (exact) mass is 396 g/mol. The summed E-state index contributed by atoms with van der Waals surface area (Å²) in [6.45, 7) is -2.00. The summed E-state index contributed by atoms with van der Waals surface area (Å²) < 4.78 is 56.6. The lowest BCUT2D eigenvalue weighted by molar-refractivity contribution is -0.162. The largest absolute Gasteiger partial charge is 0.462 e. The number of hydrogen-bond acceptors (Lipinski definition) is 5. The Kier molecular flexibility index (Phi) is 4.52. The Labute approximate surface area is 176 Å². The SMILES string of the molecule is [2H]C([2H])([2H])C(C(=O)O[C@H]1C[C@@H](C)C=C2C=C[C@H](C)[C@H](CC[C@@H]3C[C@@H](O)CC(=O)O3)[C@H]21)C([2H])([2H])[2H]. The van der Waals surface area contributed by atoms with Crippen molar-refractivity contribution >= 4 is 11.9 Å². The molecule has 0 aromatic carbocycles. The molecular formula is C23H34O5. The van der Waals surface area contributed by atoms with E-state index in [0.717, 1.165) is 5.57 Å². The van der Waals surface area contributed by atoms with Crippen LogP contribution in [0.1, 0.15) is 67.9 Å². The fourth-order valence-corrected chi connectivity index (χ4v) is 4.86. The fourth-order valence-electron chi connectivity index (χ4n) is 4.86. The van der Waals surface area contributed by atoms with Crippen LogP contribution in [-0.4, -0.2) is 35.4 Å². The summed E-state index contributed by atoms with van der Waals surface area (Å²) >= 11 is 0. The average Bonchev–Trinajstić information content (AvgIpc) is 2.64. The molecule has 5 heteroatoms. The highest BCUT2D eigenvalue weighted by Gasteiger charge is 2.42. The molecule has 0 aromatic heterocycles. The summed E-state index contributed by atoms with van der Waals surface area (Å²) in [4.78, 5) is 24.6. The Morgan fingerprint density at radius 1 is 1.36 bits per heavy atom. The van der Waals surface area contributed by atoms with Crippen LogP contribution in [0.25, 0.3) is 0 Å². The summed E-state index contributed by atoms with van der Waals surface area (Å²) in [5, 5.41) is 9.91. The predicted molar refractivity (Wildman–Crippen MR) is 106 cm³/mol. The van der Waals surface area contributed by atoms with Gasteiger partial charge in [-0.15, -0.1) is 0 Å². The van der Waals surface area contributed by atoms with Crippen LogP contribution in [0.2, 0.25) is 0 Å². The second-order valence-electron chi connectivity index (χ2n) is 8.48. The lowest BCUT2D eigenvalue weighted by atomic mass is 9.65. The Bertz CT molecular complexity index is 819. The van der Waals surface area contributed by atoms with Crippen molar-refractivity contribution in [2.45, 2.75) is 78.0 Å². The van der Waals surface area contributed by atoms with Gasteiger partial charge in [-0.3, -0.25) is 9.59 Å². The fraction of sp³-hybridized carbons (Fsp3) is 0.739. The minimum absolute atomic E-state index is 0.00135.